The zero-order chi connectivity index (χ0) is 10.4. The smallest absolute Gasteiger partial charge is 0.123 e. The summed E-state index contributed by atoms with van der Waals surface area (Å²) in [6, 6.07) is 5.40. The first-order chi connectivity index (χ1) is 6.77. The van der Waals surface area contributed by atoms with Gasteiger partial charge < -0.3 is 4.74 Å². The molecule has 1 rings (SSSR count). The molecule has 0 spiro atoms. The van der Waals surface area contributed by atoms with Crippen molar-refractivity contribution in [2.24, 2.45) is 5.11 Å². The first-order valence-corrected chi connectivity index (χ1v) is 4.49. The van der Waals surface area contributed by atoms with E-state index in [0.717, 1.165) is 11.3 Å². The van der Waals surface area contributed by atoms with Gasteiger partial charge in [-0.25, -0.2) is 0 Å². The highest BCUT2D eigenvalue weighted by molar-refractivity contribution is 6.30. The lowest BCUT2D eigenvalue weighted by Crippen LogP contribution is -1.94. The monoisotopic (exact) mass is 211 g/mol. The molecule has 0 radical (unpaired) electrons. The minimum atomic E-state index is 0.425. The third-order valence-corrected chi connectivity index (χ3v) is 2.03. The molecule has 5 heteroatoms. The fraction of sp³-hybridized carbons (Fsp3) is 0.333. The van der Waals surface area contributed by atoms with E-state index in [0.29, 0.717) is 18.0 Å². The summed E-state index contributed by atoms with van der Waals surface area (Å²) in [5.74, 6) is 0.727. The van der Waals surface area contributed by atoms with E-state index in [1.54, 1.807) is 19.2 Å². The number of hydrogen-bond donors (Lipinski definition) is 0. The van der Waals surface area contributed by atoms with Gasteiger partial charge in [-0.3, -0.25) is 0 Å². The van der Waals surface area contributed by atoms with Crippen LogP contribution < -0.4 is 4.74 Å². The maximum atomic E-state index is 8.12. The van der Waals surface area contributed by atoms with Crippen LogP contribution in [-0.4, -0.2) is 13.7 Å². The van der Waals surface area contributed by atoms with Crippen molar-refractivity contribution < 1.29 is 4.74 Å². The first-order valence-electron chi connectivity index (χ1n) is 4.11. The summed E-state index contributed by atoms with van der Waals surface area (Å²) in [5.41, 5.74) is 9.11. The Morgan fingerprint density at radius 2 is 2.36 bits per heavy atom. The summed E-state index contributed by atoms with van der Waals surface area (Å²) >= 11 is 5.79. The minimum Gasteiger partial charge on any atom is -0.496 e. The van der Waals surface area contributed by atoms with Crippen LogP contribution in [0.5, 0.6) is 5.75 Å². The van der Waals surface area contributed by atoms with E-state index < -0.39 is 0 Å². The van der Waals surface area contributed by atoms with Crippen LogP contribution >= 0.6 is 11.6 Å². The average Bonchev–Trinajstić information content (AvgIpc) is 2.20. The number of benzene rings is 1. The van der Waals surface area contributed by atoms with Crippen molar-refractivity contribution in [3.05, 3.63) is 39.2 Å². The number of ether oxygens (including phenoxy) is 1. The van der Waals surface area contributed by atoms with Crippen molar-refractivity contribution in [1.82, 2.24) is 0 Å². The number of azide groups is 1. The molecule has 0 aromatic heterocycles. The summed E-state index contributed by atoms with van der Waals surface area (Å²) in [6.45, 7) is 0.425. The van der Waals surface area contributed by atoms with Gasteiger partial charge in [-0.15, -0.1) is 0 Å². The van der Waals surface area contributed by atoms with Crippen LogP contribution in [-0.2, 0) is 6.42 Å². The average molecular weight is 212 g/mol. The maximum Gasteiger partial charge on any atom is 0.123 e. The molecular formula is C9H10ClN3O. The number of nitrogens with zero attached hydrogens (tertiary/aromatic N) is 3. The number of methoxy groups -OCH3 is 1. The van der Waals surface area contributed by atoms with E-state index in [4.69, 9.17) is 21.9 Å². The van der Waals surface area contributed by atoms with Crippen molar-refractivity contribution in [3.8, 4) is 5.75 Å². The van der Waals surface area contributed by atoms with Crippen LogP contribution in [0.3, 0.4) is 0 Å². The highest BCUT2D eigenvalue weighted by Crippen LogP contribution is 2.23. The Balaban J connectivity index is 2.79. The van der Waals surface area contributed by atoms with Gasteiger partial charge >= 0.3 is 0 Å². The molecule has 4 nitrogen and oxygen atoms in total. The normalized spacial score (nSPS) is 9.29. The fourth-order valence-corrected chi connectivity index (χ4v) is 1.30. The Labute approximate surface area is 87.1 Å². The SMILES string of the molecule is COc1cc(Cl)ccc1CCN=[N+]=[N-]. The van der Waals surface area contributed by atoms with Crippen molar-refractivity contribution in [2.75, 3.05) is 13.7 Å². The van der Waals surface area contributed by atoms with Gasteiger partial charge in [0.15, 0.2) is 0 Å². The molecule has 0 heterocycles. The van der Waals surface area contributed by atoms with Crippen LogP contribution in [0.15, 0.2) is 23.3 Å². The van der Waals surface area contributed by atoms with E-state index in [9.17, 15) is 0 Å². The molecule has 1 aromatic carbocycles. The van der Waals surface area contributed by atoms with Gasteiger partial charge in [0, 0.05) is 16.5 Å². The van der Waals surface area contributed by atoms with Crippen molar-refractivity contribution in [3.63, 3.8) is 0 Å². The van der Waals surface area contributed by atoms with E-state index in [-0.39, 0.29) is 0 Å². The topological polar surface area (TPSA) is 58.0 Å². The summed E-state index contributed by atoms with van der Waals surface area (Å²) in [7, 11) is 1.59. The maximum absolute atomic E-state index is 8.12. The number of hydrogen-bond acceptors (Lipinski definition) is 2. The first kappa shape index (κ1) is 10.7. The lowest BCUT2D eigenvalue weighted by Gasteiger charge is -2.06. The third-order valence-electron chi connectivity index (χ3n) is 1.79. The molecule has 0 fully saturated rings. The summed E-state index contributed by atoms with van der Waals surface area (Å²) in [4.78, 5) is 2.68. The predicted molar refractivity (Wildman–Crippen MR) is 55.7 cm³/mol. The molecule has 0 saturated carbocycles. The van der Waals surface area contributed by atoms with Crippen LogP contribution in [0.1, 0.15) is 5.56 Å². The summed E-state index contributed by atoms with van der Waals surface area (Å²) < 4.78 is 5.14. The van der Waals surface area contributed by atoms with Gasteiger partial charge in [-0.05, 0) is 29.6 Å². The van der Waals surface area contributed by atoms with Gasteiger partial charge in [-0.2, -0.15) is 0 Å². The lowest BCUT2D eigenvalue weighted by molar-refractivity contribution is 0.410. The van der Waals surface area contributed by atoms with Crippen LogP contribution in [0.25, 0.3) is 10.4 Å². The molecule has 0 N–H and O–H groups in total. The Kier molecular flexibility index (Phi) is 4.11. The van der Waals surface area contributed by atoms with E-state index >= 15 is 0 Å². The highest BCUT2D eigenvalue weighted by atomic mass is 35.5. The molecule has 0 amide bonds. The second-order valence-corrected chi connectivity index (χ2v) is 3.10. The van der Waals surface area contributed by atoms with Crippen molar-refractivity contribution in [1.29, 1.82) is 0 Å². The number of halogens is 1. The quantitative estimate of drug-likeness (QED) is 0.429. The molecule has 74 valence electrons. The van der Waals surface area contributed by atoms with E-state index in [1.165, 1.54) is 0 Å². The Morgan fingerprint density at radius 3 is 3.00 bits per heavy atom. The standard InChI is InChI=1S/C9H10ClN3O/c1-14-9-6-8(10)3-2-7(9)4-5-12-13-11/h2-3,6H,4-5H2,1H3. The Hall–Kier alpha value is -1.38. The van der Waals surface area contributed by atoms with E-state index in [1.807, 2.05) is 6.07 Å². The van der Waals surface area contributed by atoms with Crippen molar-refractivity contribution >= 4 is 11.6 Å². The Bertz CT molecular complexity index is 361. The van der Waals surface area contributed by atoms with Crippen LogP contribution in [0.2, 0.25) is 5.02 Å². The molecule has 0 atom stereocenters. The van der Waals surface area contributed by atoms with Gasteiger partial charge in [0.05, 0.1) is 7.11 Å². The van der Waals surface area contributed by atoms with Gasteiger partial charge in [0.25, 0.3) is 0 Å². The minimum absolute atomic E-state index is 0.425. The van der Waals surface area contributed by atoms with Crippen LogP contribution in [0.4, 0.5) is 0 Å². The molecular weight excluding hydrogens is 202 g/mol. The zero-order valence-corrected chi connectivity index (χ0v) is 8.53. The summed E-state index contributed by atoms with van der Waals surface area (Å²) in [5, 5.41) is 4.09. The predicted octanol–water partition coefficient (Wildman–Crippen LogP) is 3.20. The highest BCUT2D eigenvalue weighted by Gasteiger charge is 2.02. The second-order valence-electron chi connectivity index (χ2n) is 2.66. The largest absolute Gasteiger partial charge is 0.496 e. The van der Waals surface area contributed by atoms with Gasteiger partial charge in [-0.1, -0.05) is 22.8 Å². The van der Waals surface area contributed by atoms with Crippen LogP contribution in [0, 0.1) is 0 Å². The lowest BCUT2D eigenvalue weighted by atomic mass is 10.1. The molecule has 0 unspecified atom stereocenters. The number of rotatable bonds is 4. The molecule has 1 aromatic rings. The molecule has 0 bridgehead atoms. The Morgan fingerprint density at radius 1 is 1.57 bits per heavy atom. The van der Waals surface area contributed by atoms with Crippen molar-refractivity contribution in [2.45, 2.75) is 6.42 Å². The third kappa shape index (κ3) is 2.83. The molecule has 0 saturated heterocycles. The molecule has 0 aliphatic rings. The zero-order valence-electron chi connectivity index (χ0n) is 7.77. The second kappa shape index (κ2) is 5.37. The molecule has 14 heavy (non-hydrogen) atoms. The van der Waals surface area contributed by atoms with Gasteiger partial charge in [0.1, 0.15) is 5.75 Å². The van der Waals surface area contributed by atoms with E-state index in [2.05, 4.69) is 10.0 Å². The molecule has 0 aliphatic heterocycles. The fourth-order valence-electron chi connectivity index (χ4n) is 1.14. The summed E-state index contributed by atoms with van der Waals surface area (Å²) in [6.07, 6.45) is 0.657. The molecule has 0 aliphatic carbocycles. The van der Waals surface area contributed by atoms with Gasteiger partial charge in [0.2, 0.25) is 0 Å².